The fourth-order valence-electron chi connectivity index (χ4n) is 3.30. The van der Waals surface area contributed by atoms with Gasteiger partial charge in [0.2, 0.25) is 10.0 Å². The molecule has 0 bridgehead atoms. The summed E-state index contributed by atoms with van der Waals surface area (Å²) >= 11 is 3.07. The van der Waals surface area contributed by atoms with Crippen LogP contribution in [0.3, 0.4) is 0 Å². The second-order valence-electron chi connectivity index (χ2n) is 6.94. The van der Waals surface area contributed by atoms with Crippen LogP contribution < -0.4 is 9.47 Å². The van der Waals surface area contributed by atoms with E-state index in [1.807, 2.05) is 23.6 Å². The van der Waals surface area contributed by atoms with Crippen molar-refractivity contribution in [2.45, 2.75) is 28.5 Å². The smallest absolute Gasteiger partial charge is 0.244 e. The molecule has 0 aliphatic carbocycles. The van der Waals surface area contributed by atoms with Gasteiger partial charge in [0.15, 0.2) is 0 Å². The first kappa shape index (κ1) is 22.1. The largest absolute Gasteiger partial charge is 0.497 e. The van der Waals surface area contributed by atoms with Gasteiger partial charge in [0, 0.05) is 36.5 Å². The lowest BCUT2D eigenvalue weighted by Gasteiger charge is -2.15. The van der Waals surface area contributed by atoms with E-state index in [1.54, 1.807) is 37.7 Å². The van der Waals surface area contributed by atoms with Crippen molar-refractivity contribution >= 4 is 33.1 Å². The Labute approximate surface area is 190 Å². The number of benzene rings is 1. The molecule has 1 saturated heterocycles. The van der Waals surface area contributed by atoms with E-state index < -0.39 is 10.0 Å². The fourth-order valence-corrected chi connectivity index (χ4v) is 6.46. The van der Waals surface area contributed by atoms with E-state index in [-0.39, 0.29) is 4.90 Å². The lowest BCUT2D eigenvalue weighted by molar-refractivity contribution is 0.395. The number of aromatic nitrogens is 2. The molecule has 0 unspecified atom stereocenters. The number of methoxy groups -OCH3 is 2. The third-order valence-corrected chi connectivity index (χ3v) is 8.75. The number of pyridine rings is 1. The quantitative estimate of drug-likeness (QED) is 0.448. The minimum Gasteiger partial charge on any atom is -0.497 e. The molecule has 164 valence electrons. The lowest BCUT2D eigenvalue weighted by Crippen LogP contribution is -2.27. The van der Waals surface area contributed by atoms with Crippen molar-refractivity contribution in [2.24, 2.45) is 0 Å². The van der Waals surface area contributed by atoms with Crippen LogP contribution >= 0.6 is 23.1 Å². The zero-order chi connectivity index (χ0) is 21.8. The Morgan fingerprint density at radius 2 is 1.94 bits per heavy atom. The summed E-state index contributed by atoms with van der Waals surface area (Å²) in [7, 11) is -0.184. The molecule has 1 fully saturated rings. The van der Waals surface area contributed by atoms with Gasteiger partial charge in [-0.25, -0.2) is 18.4 Å². The van der Waals surface area contributed by atoms with Crippen molar-refractivity contribution in [1.29, 1.82) is 0 Å². The minimum absolute atomic E-state index is 0.251. The molecule has 3 aromatic rings. The summed E-state index contributed by atoms with van der Waals surface area (Å²) < 4.78 is 37.5. The summed E-state index contributed by atoms with van der Waals surface area (Å²) in [6.07, 6.45) is 3.28. The number of ether oxygens (including phenoxy) is 2. The summed E-state index contributed by atoms with van der Waals surface area (Å²) in [6, 6.07) is 9.06. The molecular weight excluding hydrogens is 454 g/mol. The Bertz CT molecular complexity index is 1140. The maximum atomic E-state index is 12.6. The molecule has 0 atom stereocenters. The molecule has 1 aromatic carbocycles. The number of hydrogen-bond acceptors (Lipinski definition) is 8. The van der Waals surface area contributed by atoms with E-state index >= 15 is 0 Å². The molecule has 31 heavy (non-hydrogen) atoms. The zero-order valence-electron chi connectivity index (χ0n) is 17.3. The van der Waals surface area contributed by atoms with Crippen LogP contribution in [0.5, 0.6) is 11.5 Å². The van der Waals surface area contributed by atoms with Crippen LogP contribution in [-0.4, -0.2) is 50.0 Å². The molecular formula is C21H23N3O4S3. The van der Waals surface area contributed by atoms with Gasteiger partial charge in [0.25, 0.3) is 0 Å². The molecule has 0 spiro atoms. The maximum Gasteiger partial charge on any atom is 0.244 e. The number of thiazole rings is 1. The molecule has 3 heterocycles. The molecule has 0 N–H and O–H groups in total. The molecule has 1 aliphatic rings. The van der Waals surface area contributed by atoms with E-state index in [0.717, 1.165) is 39.9 Å². The monoisotopic (exact) mass is 477 g/mol. The summed E-state index contributed by atoms with van der Waals surface area (Å²) in [5, 5.41) is 3.64. The molecule has 7 nitrogen and oxygen atoms in total. The maximum absolute atomic E-state index is 12.6. The average molecular weight is 478 g/mol. The van der Waals surface area contributed by atoms with E-state index in [9.17, 15) is 8.42 Å². The van der Waals surface area contributed by atoms with E-state index in [1.165, 1.54) is 22.3 Å². The third-order valence-electron chi connectivity index (χ3n) is 4.97. The summed E-state index contributed by atoms with van der Waals surface area (Å²) in [6.45, 7) is 1.17. The van der Waals surface area contributed by atoms with Crippen LogP contribution in [0, 0.1) is 0 Å². The van der Waals surface area contributed by atoms with Crippen molar-refractivity contribution < 1.29 is 17.9 Å². The van der Waals surface area contributed by atoms with Crippen LogP contribution in [0.1, 0.15) is 18.5 Å². The Morgan fingerprint density at radius 1 is 1.13 bits per heavy atom. The van der Waals surface area contributed by atoms with E-state index in [2.05, 4.69) is 4.98 Å². The first-order valence-electron chi connectivity index (χ1n) is 9.77. The van der Waals surface area contributed by atoms with Gasteiger partial charge in [-0.3, -0.25) is 0 Å². The van der Waals surface area contributed by atoms with Crippen molar-refractivity contribution in [3.8, 4) is 22.1 Å². The van der Waals surface area contributed by atoms with Gasteiger partial charge >= 0.3 is 0 Å². The Hall–Kier alpha value is -2.14. The molecule has 0 radical (unpaired) electrons. The molecule has 1 aliphatic heterocycles. The van der Waals surface area contributed by atoms with Crippen molar-refractivity contribution in [3.05, 3.63) is 47.6 Å². The van der Waals surface area contributed by atoms with Gasteiger partial charge in [-0.05, 0) is 37.1 Å². The van der Waals surface area contributed by atoms with Crippen LogP contribution in [0.2, 0.25) is 0 Å². The van der Waals surface area contributed by atoms with Crippen LogP contribution in [-0.2, 0) is 15.8 Å². The van der Waals surface area contributed by atoms with Gasteiger partial charge in [-0.1, -0.05) is 0 Å². The first-order valence-corrected chi connectivity index (χ1v) is 13.1. The van der Waals surface area contributed by atoms with Gasteiger partial charge in [0.05, 0.1) is 30.5 Å². The summed E-state index contributed by atoms with van der Waals surface area (Å²) in [4.78, 5) is 9.31. The highest BCUT2D eigenvalue weighted by Crippen LogP contribution is 2.36. The lowest BCUT2D eigenvalue weighted by atomic mass is 10.2. The van der Waals surface area contributed by atoms with Crippen molar-refractivity contribution in [3.63, 3.8) is 0 Å². The predicted molar refractivity (Wildman–Crippen MR) is 122 cm³/mol. The molecule has 10 heteroatoms. The van der Waals surface area contributed by atoms with E-state index in [0.29, 0.717) is 24.6 Å². The Kier molecular flexibility index (Phi) is 6.80. The molecule has 2 aromatic heterocycles. The number of thioether (sulfide) groups is 1. The highest BCUT2D eigenvalue weighted by atomic mass is 32.2. The van der Waals surface area contributed by atoms with Crippen molar-refractivity contribution in [1.82, 2.24) is 14.3 Å². The van der Waals surface area contributed by atoms with E-state index in [4.69, 9.17) is 14.5 Å². The summed E-state index contributed by atoms with van der Waals surface area (Å²) in [5.41, 5.74) is 1.84. The zero-order valence-corrected chi connectivity index (χ0v) is 19.7. The van der Waals surface area contributed by atoms with Crippen LogP contribution in [0.25, 0.3) is 10.6 Å². The summed E-state index contributed by atoms with van der Waals surface area (Å²) in [5.74, 6) is 2.08. The SMILES string of the molecule is COc1ccc(-c2nc(CSc3ccc(S(=O)(=O)N4CCCC4)cn3)cs2)c(OC)c1. The standard InChI is InChI=1S/C21H23N3O4S3/c1-27-16-5-7-18(19(11-16)28-2)21-23-15(14-30-21)13-29-20-8-6-17(12-22-20)31(25,26)24-9-3-4-10-24/h5-8,11-12,14H,3-4,9-10,13H2,1-2H3. The number of nitrogens with zero attached hydrogens (tertiary/aromatic N) is 3. The van der Waals surface area contributed by atoms with Gasteiger partial charge in [-0.15, -0.1) is 23.1 Å². The minimum atomic E-state index is -3.43. The fraction of sp³-hybridized carbons (Fsp3) is 0.333. The Balaban J connectivity index is 1.42. The van der Waals surface area contributed by atoms with Gasteiger partial charge in [0.1, 0.15) is 21.4 Å². The molecule has 0 saturated carbocycles. The Morgan fingerprint density at radius 3 is 2.61 bits per heavy atom. The second-order valence-corrected chi connectivity index (χ2v) is 10.7. The topological polar surface area (TPSA) is 81.6 Å². The first-order chi connectivity index (χ1) is 15.0. The second kappa shape index (κ2) is 9.56. The average Bonchev–Trinajstić information content (AvgIpc) is 3.50. The van der Waals surface area contributed by atoms with Crippen LogP contribution in [0.4, 0.5) is 0 Å². The highest BCUT2D eigenvalue weighted by molar-refractivity contribution is 7.98. The highest BCUT2D eigenvalue weighted by Gasteiger charge is 2.27. The number of rotatable bonds is 8. The normalized spacial score (nSPS) is 14.6. The molecule has 0 amide bonds. The van der Waals surface area contributed by atoms with Crippen LogP contribution in [0.15, 0.2) is 51.8 Å². The van der Waals surface area contributed by atoms with Gasteiger partial charge in [-0.2, -0.15) is 4.31 Å². The number of hydrogen-bond donors (Lipinski definition) is 0. The molecule has 4 rings (SSSR count). The third kappa shape index (κ3) is 4.87. The predicted octanol–water partition coefficient (Wildman–Crippen LogP) is 4.30. The van der Waals surface area contributed by atoms with Gasteiger partial charge < -0.3 is 9.47 Å². The van der Waals surface area contributed by atoms with Crippen molar-refractivity contribution in [2.75, 3.05) is 27.3 Å². The number of sulfonamides is 1.